The van der Waals surface area contributed by atoms with Crippen molar-refractivity contribution < 1.29 is 14.6 Å². The third-order valence-electron chi connectivity index (χ3n) is 3.19. The minimum Gasteiger partial charge on any atom is -0.497 e. The van der Waals surface area contributed by atoms with Crippen LogP contribution in [-0.2, 0) is 6.54 Å². The van der Waals surface area contributed by atoms with Crippen LogP contribution in [0.4, 0.5) is 0 Å². The third kappa shape index (κ3) is 2.77. The van der Waals surface area contributed by atoms with Crippen LogP contribution in [0.15, 0.2) is 30.6 Å². The molecule has 2 rings (SSSR count). The minimum atomic E-state index is -0.822. The highest BCUT2D eigenvalue weighted by molar-refractivity contribution is 5.43. The van der Waals surface area contributed by atoms with Gasteiger partial charge in [-0.25, -0.2) is 4.98 Å². The van der Waals surface area contributed by atoms with Crippen molar-refractivity contribution in [2.24, 2.45) is 0 Å². The number of nitrogens with zero attached hydrogens (tertiary/aromatic N) is 2. The topological polar surface area (TPSA) is 56.5 Å². The fourth-order valence-corrected chi connectivity index (χ4v) is 2.18. The van der Waals surface area contributed by atoms with Gasteiger partial charge in [-0.05, 0) is 18.6 Å². The molecule has 5 nitrogen and oxygen atoms in total. The van der Waals surface area contributed by atoms with Gasteiger partial charge in [0.25, 0.3) is 0 Å². The molecule has 0 fully saturated rings. The molecule has 0 saturated heterocycles. The van der Waals surface area contributed by atoms with Gasteiger partial charge in [-0.1, -0.05) is 6.92 Å². The molecule has 0 amide bonds. The molecular formula is C15H20N2O3. The van der Waals surface area contributed by atoms with Crippen LogP contribution >= 0.6 is 0 Å². The Balaban J connectivity index is 2.37. The summed E-state index contributed by atoms with van der Waals surface area (Å²) in [5, 5.41) is 10.6. The summed E-state index contributed by atoms with van der Waals surface area (Å²) in [5.74, 6) is 1.90. The number of ether oxygens (including phenoxy) is 2. The highest BCUT2D eigenvalue weighted by atomic mass is 16.5. The van der Waals surface area contributed by atoms with Gasteiger partial charge in [-0.2, -0.15) is 0 Å². The first kappa shape index (κ1) is 14.4. The zero-order chi connectivity index (χ0) is 14.5. The molecular weight excluding hydrogens is 256 g/mol. The molecule has 0 spiro atoms. The summed E-state index contributed by atoms with van der Waals surface area (Å²) in [4.78, 5) is 4.26. The predicted molar refractivity (Wildman–Crippen MR) is 76.1 cm³/mol. The van der Waals surface area contributed by atoms with Crippen LogP contribution < -0.4 is 9.47 Å². The van der Waals surface area contributed by atoms with E-state index in [9.17, 15) is 5.11 Å². The average molecular weight is 276 g/mol. The fraction of sp³-hybridized carbons (Fsp3) is 0.400. The maximum absolute atomic E-state index is 10.6. The molecule has 1 atom stereocenters. The van der Waals surface area contributed by atoms with E-state index in [0.29, 0.717) is 22.9 Å². The Morgan fingerprint density at radius 1 is 1.30 bits per heavy atom. The van der Waals surface area contributed by atoms with E-state index in [1.54, 1.807) is 38.6 Å². The molecule has 0 aliphatic heterocycles. The van der Waals surface area contributed by atoms with Crippen molar-refractivity contribution in [3.8, 4) is 11.5 Å². The first-order valence-corrected chi connectivity index (χ1v) is 6.62. The quantitative estimate of drug-likeness (QED) is 0.880. The van der Waals surface area contributed by atoms with Gasteiger partial charge in [-0.15, -0.1) is 0 Å². The van der Waals surface area contributed by atoms with Crippen LogP contribution in [-0.4, -0.2) is 28.9 Å². The molecule has 0 bridgehead atoms. The van der Waals surface area contributed by atoms with E-state index >= 15 is 0 Å². The van der Waals surface area contributed by atoms with Crippen molar-refractivity contribution in [2.75, 3.05) is 14.2 Å². The molecule has 1 unspecified atom stereocenters. The smallest absolute Gasteiger partial charge is 0.142 e. The number of hydrogen-bond acceptors (Lipinski definition) is 4. The van der Waals surface area contributed by atoms with E-state index < -0.39 is 6.10 Å². The monoisotopic (exact) mass is 276 g/mol. The standard InChI is InChI=1S/C15H20N2O3/c1-4-8-17-9-7-16-15(17)14(18)12-6-5-11(19-2)10-13(12)20-3/h5-7,9-10,14,18H,4,8H2,1-3H3. The number of methoxy groups -OCH3 is 2. The lowest BCUT2D eigenvalue weighted by Gasteiger charge is -2.16. The number of aliphatic hydroxyl groups is 1. The molecule has 0 radical (unpaired) electrons. The van der Waals surface area contributed by atoms with E-state index in [0.717, 1.165) is 13.0 Å². The number of aromatic nitrogens is 2. The van der Waals surface area contributed by atoms with Crippen LogP contribution in [0.1, 0.15) is 30.8 Å². The SMILES string of the molecule is CCCn1ccnc1C(O)c1ccc(OC)cc1OC. The Bertz CT molecular complexity index is 566. The molecule has 20 heavy (non-hydrogen) atoms. The second kappa shape index (κ2) is 6.43. The maximum atomic E-state index is 10.6. The normalized spacial score (nSPS) is 12.2. The molecule has 1 N–H and O–H groups in total. The van der Waals surface area contributed by atoms with Gasteiger partial charge in [-0.3, -0.25) is 0 Å². The number of hydrogen-bond donors (Lipinski definition) is 1. The Hall–Kier alpha value is -2.01. The van der Waals surface area contributed by atoms with Crippen LogP contribution in [0, 0.1) is 0 Å². The molecule has 0 aliphatic rings. The van der Waals surface area contributed by atoms with Crippen LogP contribution in [0.2, 0.25) is 0 Å². The van der Waals surface area contributed by atoms with Crippen LogP contribution in [0.25, 0.3) is 0 Å². The van der Waals surface area contributed by atoms with Gasteiger partial charge in [0.1, 0.15) is 23.4 Å². The second-order valence-corrected chi connectivity index (χ2v) is 4.49. The van der Waals surface area contributed by atoms with Gasteiger partial charge in [0, 0.05) is 30.6 Å². The average Bonchev–Trinajstić information content (AvgIpc) is 2.94. The van der Waals surface area contributed by atoms with Crippen LogP contribution in [0.3, 0.4) is 0 Å². The summed E-state index contributed by atoms with van der Waals surface area (Å²) in [6, 6.07) is 5.35. The Morgan fingerprint density at radius 3 is 2.75 bits per heavy atom. The largest absolute Gasteiger partial charge is 0.497 e. The first-order chi connectivity index (χ1) is 9.71. The van der Waals surface area contributed by atoms with E-state index in [4.69, 9.17) is 9.47 Å². The number of aryl methyl sites for hydroxylation is 1. The van der Waals surface area contributed by atoms with Gasteiger partial charge >= 0.3 is 0 Å². The van der Waals surface area contributed by atoms with Crippen molar-refractivity contribution >= 4 is 0 Å². The summed E-state index contributed by atoms with van der Waals surface area (Å²) in [7, 11) is 3.17. The zero-order valence-corrected chi connectivity index (χ0v) is 12.0. The van der Waals surface area contributed by atoms with E-state index in [1.165, 1.54) is 0 Å². The summed E-state index contributed by atoms with van der Waals surface area (Å²) in [6.45, 7) is 2.91. The minimum absolute atomic E-state index is 0.586. The van der Waals surface area contributed by atoms with Crippen molar-refractivity contribution in [1.29, 1.82) is 0 Å². The molecule has 108 valence electrons. The highest BCUT2D eigenvalue weighted by Crippen LogP contribution is 2.32. The molecule has 1 heterocycles. The number of aliphatic hydroxyl groups excluding tert-OH is 1. The zero-order valence-electron chi connectivity index (χ0n) is 12.0. The van der Waals surface area contributed by atoms with Crippen molar-refractivity contribution in [2.45, 2.75) is 26.0 Å². The van der Waals surface area contributed by atoms with Crippen molar-refractivity contribution in [3.63, 3.8) is 0 Å². The van der Waals surface area contributed by atoms with Gasteiger partial charge in [0.05, 0.1) is 14.2 Å². The first-order valence-electron chi connectivity index (χ1n) is 6.62. The van der Waals surface area contributed by atoms with Crippen molar-refractivity contribution in [3.05, 3.63) is 42.0 Å². The van der Waals surface area contributed by atoms with E-state index in [1.807, 2.05) is 10.8 Å². The van der Waals surface area contributed by atoms with Gasteiger partial charge in [0.15, 0.2) is 0 Å². The molecule has 5 heteroatoms. The summed E-state index contributed by atoms with van der Waals surface area (Å²) in [5.41, 5.74) is 0.678. The molecule has 0 aliphatic carbocycles. The Labute approximate surface area is 118 Å². The van der Waals surface area contributed by atoms with E-state index in [2.05, 4.69) is 11.9 Å². The summed E-state index contributed by atoms with van der Waals surface area (Å²) in [6.07, 6.45) is 3.73. The predicted octanol–water partition coefficient (Wildman–Crippen LogP) is 2.39. The van der Waals surface area contributed by atoms with E-state index in [-0.39, 0.29) is 0 Å². The number of imidazole rings is 1. The second-order valence-electron chi connectivity index (χ2n) is 4.49. The molecule has 0 saturated carbocycles. The lowest BCUT2D eigenvalue weighted by Crippen LogP contribution is -2.10. The fourth-order valence-electron chi connectivity index (χ4n) is 2.18. The molecule has 1 aromatic carbocycles. The lowest BCUT2D eigenvalue weighted by atomic mass is 10.1. The van der Waals surface area contributed by atoms with Crippen molar-refractivity contribution in [1.82, 2.24) is 9.55 Å². The Morgan fingerprint density at radius 2 is 2.10 bits per heavy atom. The maximum Gasteiger partial charge on any atom is 0.142 e. The number of rotatable bonds is 6. The van der Waals surface area contributed by atoms with Crippen LogP contribution in [0.5, 0.6) is 11.5 Å². The molecule has 1 aromatic heterocycles. The summed E-state index contributed by atoms with van der Waals surface area (Å²) >= 11 is 0. The van der Waals surface area contributed by atoms with Gasteiger partial charge in [0.2, 0.25) is 0 Å². The summed E-state index contributed by atoms with van der Waals surface area (Å²) < 4.78 is 12.4. The third-order valence-corrected chi connectivity index (χ3v) is 3.19. The highest BCUT2D eigenvalue weighted by Gasteiger charge is 2.20. The molecule has 2 aromatic rings. The number of benzene rings is 1. The lowest BCUT2D eigenvalue weighted by molar-refractivity contribution is 0.199. The van der Waals surface area contributed by atoms with Gasteiger partial charge < -0.3 is 19.1 Å². The Kier molecular flexibility index (Phi) is 4.63.